The molecule has 1 amide bonds. The molecule has 1 atom stereocenters. The van der Waals surface area contributed by atoms with Gasteiger partial charge in [0.15, 0.2) is 5.03 Å². The maximum absolute atomic E-state index is 13.5. The summed E-state index contributed by atoms with van der Waals surface area (Å²) >= 11 is 0. The molecule has 0 spiro atoms. The molecule has 13 heteroatoms. The first-order valence-corrected chi connectivity index (χ1v) is 12.4. The molecule has 3 N–H and O–H groups in total. The van der Waals surface area contributed by atoms with Gasteiger partial charge >= 0.3 is 6.18 Å². The number of alkyl halides is 3. The topological polar surface area (TPSA) is 118 Å². The van der Waals surface area contributed by atoms with E-state index in [1.807, 2.05) is 0 Å². The molecule has 2 aromatic heterocycles. The Hall–Kier alpha value is -3.58. The number of pyridine rings is 2. The van der Waals surface area contributed by atoms with E-state index in [-0.39, 0.29) is 23.1 Å². The third-order valence-corrected chi connectivity index (χ3v) is 6.56. The van der Waals surface area contributed by atoms with Gasteiger partial charge in [-0.15, -0.1) is 0 Å². The van der Waals surface area contributed by atoms with Crippen molar-refractivity contribution >= 4 is 27.4 Å². The summed E-state index contributed by atoms with van der Waals surface area (Å²) in [6.07, 6.45) is -0.838. The van der Waals surface area contributed by atoms with Crippen LogP contribution in [0, 0.1) is 5.82 Å². The molecular weight excluding hydrogens is 502 g/mol. The minimum atomic E-state index is -4.75. The molecule has 1 aliphatic rings. The summed E-state index contributed by atoms with van der Waals surface area (Å²) in [4.78, 5) is 22.6. The van der Waals surface area contributed by atoms with Gasteiger partial charge in [-0.05, 0) is 49.1 Å². The summed E-state index contributed by atoms with van der Waals surface area (Å²) in [6, 6.07) is 8.40. The Labute approximate surface area is 204 Å². The number of primary sulfonamides is 1. The van der Waals surface area contributed by atoms with Crippen LogP contribution >= 0.6 is 0 Å². The van der Waals surface area contributed by atoms with E-state index in [9.17, 15) is 30.8 Å². The molecular formula is C23H21F4N5O3S. The van der Waals surface area contributed by atoms with Gasteiger partial charge in [-0.3, -0.25) is 4.79 Å². The zero-order valence-corrected chi connectivity index (χ0v) is 19.5. The highest BCUT2D eigenvalue weighted by atomic mass is 32.2. The zero-order chi connectivity index (χ0) is 26.1. The van der Waals surface area contributed by atoms with Crippen LogP contribution in [0.25, 0.3) is 0 Å². The van der Waals surface area contributed by atoms with Crippen LogP contribution in [0.4, 0.5) is 29.1 Å². The Kier molecular flexibility index (Phi) is 6.96. The lowest BCUT2D eigenvalue weighted by atomic mass is 9.94. The Morgan fingerprint density at radius 2 is 1.81 bits per heavy atom. The smallest absolute Gasteiger partial charge is 0.349 e. The maximum atomic E-state index is 13.5. The second kappa shape index (κ2) is 9.82. The summed E-state index contributed by atoms with van der Waals surface area (Å²) in [5.41, 5.74) is -0.772. The summed E-state index contributed by atoms with van der Waals surface area (Å²) < 4.78 is 77.1. The van der Waals surface area contributed by atoms with Gasteiger partial charge in [0.2, 0.25) is 0 Å². The first-order valence-electron chi connectivity index (χ1n) is 10.8. The molecule has 3 heterocycles. The molecule has 4 rings (SSSR count). The van der Waals surface area contributed by atoms with Crippen LogP contribution in [-0.4, -0.2) is 30.8 Å². The van der Waals surface area contributed by atoms with Crippen molar-refractivity contribution in [3.05, 3.63) is 77.4 Å². The highest BCUT2D eigenvalue weighted by molar-refractivity contribution is 7.89. The third-order valence-electron chi connectivity index (χ3n) is 5.75. The quantitative estimate of drug-likeness (QED) is 0.483. The van der Waals surface area contributed by atoms with Crippen molar-refractivity contribution < 1.29 is 30.8 Å². The van der Waals surface area contributed by atoms with Gasteiger partial charge in [-0.1, -0.05) is 12.1 Å². The Morgan fingerprint density at radius 1 is 1.08 bits per heavy atom. The molecule has 3 aromatic rings. The number of anilines is 2. The number of nitrogens with one attached hydrogen (secondary N) is 1. The second-order valence-electron chi connectivity index (χ2n) is 8.23. The fourth-order valence-electron chi connectivity index (χ4n) is 4.07. The van der Waals surface area contributed by atoms with E-state index in [1.165, 1.54) is 18.2 Å². The Bertz CT molecular complexity index is 1380. The number of nitrogens with zero attached hydrogens (tertiary/aromatic N) is 3. The Morgan fingerprint density at radius 3 is 2.47 bits per heavy atom. The van der Waals surface area contributed by atoms with E-state index in [0.29, 0.717) is 31.6 Å². The van der Waals surface area contributed by atoms with Crippen molar-refractivity contribution in [2.45, 2.75) is 36.5 Å². The maximum Gasteiger partial charge on any atom is 0.417 e. The third kappa shape index (κ3) is 5.62. The predicted molar refractivity (Wildman–Crippen MR) is 123 cm³/mol. The molecule has 8 nitrogen and oxygen atoms in total. The first-order chi connectivity index (χ1) is 16.9. The van der Waals surface area contributed by atoms with Crippen LogP contribution in [0.2, 0.25) is 0 Å². The number of sulfonamides is 1. The number of aromatic nitrogens is 2. The van der Waals surface area contributed by atoms with Crippen LogP contribution in [-0.2, 0) is 16.2 Å². The monoisotopic (exact) mass is 523 g/mol. The SMILES string of the molecule is NS(=O)(=O)c1cc(NC(=O)c2cc(C(F)(F)F)cnc2N2CCCC[C@H]2c2ccc(F)cc2)ccn1. The minimum absolute atomic E-state index is 0.0234. The van der Waals surface area contributed by atoms with E-state index >= 15 is 0 Å². The van der Waals surface area contributed by atoms with Crippen LogP contribution in [0.5, 0.6) is 0 Å². The fraction of sp³-hybridized carbons (Fsp3) is 0.261. The number of piperidine rings is 1. The fourth-order valence-corrected chi connectivity index (χ4v) is 4.57. The number of nitrogens with two attached hydrogens (primary N) is 1. The molecule has 190 valence electrons. The van der Waals surface area contributed by atoms with E-state index in [1.54, 1.807) is 17.0 Å². The summed E-state index contributed by atoms with van der Waals surface area (Å²) in [5.74, 6) is -1.33. The number of benzene rings is 1. The number of carbonyl (C=O) groups is 1. The number of rotatable bonds is 5. The van der Waals surface area contributed by atoms with E-state index in [0.717, 1.165) is 24.2 Å². The van der Waals surface area contributed by atoms with Crippen LogP contribution in [0.3, 0.4) is 0 Å². The number of hydrogen-bond donors (Lipinski definition) is 2. The number of hydrogen-bond acceptors (Lipinski definition) is 6. The van der Waals surface area contributed by atoms with Crippen molar-refractivity contribution in [2.75, 3.05) is 16.8 Å². The van der Waals surface area contributed by atoms with E-state index in [4.69, 9.17) is 5.14 Å². The molecule has 0 unspecified atom stereocenters. The molecule has 0 saturated carbocycles. The van der Waals surface area contributed by atoms with Crippen LogP contribution < -0.4 is 15.4 Å². The normalized spacial score (nSPS) is 16.6. The standard InChI is InChI=1S/C23H21F4N5O3S/c24-16-6-4-14(5-7-16)19-3-1-2-10-32(19)21-18(11-15(13-30-21)23(25,26)27)22(33)31-17-8-9-29-20(12-17)36(28,34)35/h4-9,11-13,19H,1-3,10H2,(H2,28,34,35)(H,29,31,33)/t19-/m0/s1. The van der Waals surface area contributed by atoms with Crippen molar-refractivity contribution in [3.8, 4) is 0 Å². The van der Waals surface area contributed by atoms with Crippen LogP contribution in [0.1, 0.15) is 46.8 Å². The summed E-state index contributed by atoms with van der Waals surface area (Å²) in [7, 11) is -4.18. The largest absolute Gasteiger partial charge is 0.417 e. The van der Waals surface area contributed by atoms with Gasteiger partial charge in [-0.25, -0.2) is 27.9 Å². The zero-order valence-electron chi connectivity index (χ0n) is 18.7. The first kappa shape index (κ1) is 25.5. The van der Waals surface area contributed by atoms with E-state index < -0.39 is 38.5 Å². The lowest BCUT2D eigenvalue weighted by Gasteiger charge is -2.38. The van der Waals surface area contributed by atoms with Gasteiger partial charge in [0.05, 0.1) is 17.2 Å². The molecule has 1 fully saturated rings. The van der Waals surface area contributed by atoms with Crippen molar-refractivity contribution in [1.82, 2.24) is 9.97 Å². The lowest BCUT2D eigenvalue weighted by Crippen LogP contribution is -2.36. The number of carbonyl (C=O) groups excluding carboxylic acids is 1. The minimum Gasteiger partial charge on any atom is -0.349 e. The summed E-state index contributed by atoms with van der Waals surface area (Å²) in [5, 5.41) is 6.96. The lowest BCUT2D eigenvalue weighted by molar-refractivity contribution is -0.137. The van der Waals surface area contributed by atoms with Gasteiger partial charge in [0, 0.05) is 30.7 Å². The van der Waals surface area contributed by atoms with Gasteiger partial charge in [-0.2, -0.15) is 13.2 Å². The average molecular weight is 524 g/mol. The summed E-state index contributed by atoms with van der Waals surface area (Å²) in [6.45, 7) is 0.408. The highest BCUT2D eigenvalue weighted by Gasteiger charge is 2.35. The van der Waals surface area contributed by atoms with Crippen LogP contribution in [0.15, 0.2) is 59.9 Å². The molecule has 0 bridgehead atoms. The molecule has 1 aliphatic heterocycles. The van der Waals surface area contributed by atoms with Gasteiger partial charge in [0.1, 0.15) is 11.6 Å². The molecule has 1 saturated heterocycles. The number of amides is 1. The predicted octanol–water partition coefficient (Wildman–Crippen LogP) is 4.27. The van der Waals surface area contributed by atoms with Crippen molar-refractivity contribution in [1.29, 1.82) is 0 Å². The second-order valence-corrected chi connectivity index (χ2v) is 9.74. The molecule has 36 heavy (non-hydrogen) atoms. The number of halogens is 4. The molecule has 0 radical (unpaired) electrons. The molecule has 1 aromatic carbocycles. The Balaban J connectivity index is 1.76. The highest BCUT2D eigenvalue weighted by Crippen LogP contribution is 2.38. The van der Waals surface area contributed by atoms with E-state index in [2.05, 4.69) is 15.3 Å². The van der Waals surface area contributed by atoms with Gasteiger partial charge in [0.25, 0.3) is 15.9 Å². The molecule has 0 aliphatic carbocycles. The van der Waals surface area contributed by atoms with Gasteiger partial charge < -0.3 is 10.2 Å². The average Bonchev–Trinajstić information content (AvgIpc) is 2.83. The van der Waals surface area contributed by atoms with Crippen molar-refractivity contribution in [2.24, 2.45) is 5.14 Å². The van der Waals surface area contributed by atoms with Crippen molar-refractivity contribution in [3.63, 3.8) is 0 Å².